The van der Waals surface area contributed by atoms with Crippen molar-refractivity contribution in [2.45, 2.75) is 32.1 Å². The molecule has 0 spiro atoms. The van der Waals surface area contributed by atoms with E-state index in [9.17, 15) is 4.79 Å². The summed E-state index contributed by atoms with van der Waals surface area (Å²) in [5, 5.41) is 0. The van der Waals surface area contributed by atoms with Crippen molar-refractivity contribution in [2.24, 2.45) is 5.92 Å². The molecule has 1 unspecified atom stereocenters. The lowest BCUT2D eigenvalue weighted by atomic mass is 9.84. The molecule has 1 heterocycles. The van der Waals surface area contributed by atoms with Gasteiger partial charge in [0.05, 0.1) is 6.26 Å². The summed E-state index contributed by atoms with van der Waals surface area (Å²) in [6.07, 6.45) is 6.64. The number of carbonyl (C=O) groups is 1. The maximum atomic E-state index is 11.6. The Kier molecular flexibility index (Phi) is 3.06. The predicted molar refractivity (Wildman–Crippen MR) is 57.1 cm³/mol. The average Bonchev–Trinajstić information content (AvgIpc) is 2.56. The molecule has 76 valence electrons. The maximum absolute atomic E-state index is 11.6. The van der Waals surface area contributed by atoms with E-state index in [1.165, 1.54) is 6.42 Å². The molecular formula is C11H13BrO2. The summed E-state index contributed by atoms with van der Waals surface area (Å²) in [4.78, 5) is 11.6. The predicted octanol–water partition coefficient (Wildman–Crippen LogP) is 3.34. The van der Waals surface area contributed by atoms with Crippen molar-refractivity contribution in [3.05, 3.63) is 22.6 Å². The Morgan fingerprint density at radius 1 is 1.50 bits per heavy atom. The summed E-state index contributed by atoms with van der Waals surface area (Å²) >= 11 is 3.26. The Labute approximate surface area is 91.8 Å². The van der Waals surface area contributed by atoms with Crippen molar-refractivity contribution in [1.29, 1.82) is 0 Å². The lowest BCUT2D eigenvalue weighted by Crippen LogP contribution is -2.20. The second kappa shape index (κ2) is 4.30. The topological polar surface area (TPSA) is 30.2 Å². The minimum Gasteiger partial charge on any atom is -0.457 e. The van der Waals surface area contributed by atoms with Crippen molar-refractivity contribution in [2.75, 3.05) is 0 Å². The van der Waals surface area contributed by atoms with Gasteiger partial charge >= 0.3 is 0 Å². The van der Waals surface area contributed by atoms with Crippen LogP contribution in [0.2, 0.25) is 0 Å². The van der Waals surface area contributed by atoms with Crippen LogP contribution in [-0.2, 0) is 11.2 Å². The second-order valence-corrected chi connectivity index (χ2v) is 4.65. The Hall–Kier alpha value is -0.570. The molecule has 1 aliphatic rings. The van der Waals surface area contributed by atoms with Crippen LogP contribution in [0.25, 0.3) is 0 Å². The molecule has 1 aromatic heterocycles. The first-order valence-corrected chi connectivity index (χ1v) is 5.80. The van der Waals surface area contributed by atoms with Crippen molar-refractivity contribution in [3.8, 4) is 0 Å². The molecule has 0 saturated heterocycles. The van der Waals surface area contributed by atoms with Gasteiger partial charge in [-0.3, -0.25) is 4.79 Å². The van der Waals surface area contributed by atoms with Crippen molar-refractivity contribution in [3.63, 3.8) is 0 Å². The number of hydrogen-bond donors (Lipinski definition) is 0. The molecule has 1 aromatic rings. The fraction of sp³-hybridized carbons (Fsp3) is 0.545. The fourth-order valence-electron chi connectivity index (χ4n) is 2.01. The van der Waals surface area contributed by atoms with E-state index >= 15 is 0 Å². The third-order valence-electron chi connectivity index (χ3n) is 2.78. The fourth-order valence-corrected chi connectivity index (χ4v) is 2.40. The first kappa shape index (κ1) is 9.97. The zero-order valence-corrected chi connectivity index (χ0v) is 9.55. The molecule has 3 heteroatoms. The van der Waals surface area contributed by atoms with E-state index in [1.54, 1.807) is 6.26 Å². The number of Topliss-reactive ketones (excluding diaryl/α,β-unsaturated/α-hetero) is 1. The number of rotatable bonds is 2. The number of carbonyl (C=O) groups excluding carboxylic acids is 1. The Morgan fingerprint density at radius 3 is 3.00 bits per heavy atom. The van der Waals surface area contributed by atoms with Crippen LogP contribution in [0.3, 0.4) is 0 Å². The van der Waals surface area contributed by atoms with E-state index in [4.69, 9.17) is 4.42 Å². The Balaban J connectivity index is 1.99. The van der Waals surface area contributed by atoms with Crippen LogP contribution >= 0.6 is 15.9 Å². The van der Waals surface area contributed by atoms with Gasteiger partial charge in [-0.25, -0.2) is 0 Å². The summed E-state index contributed by atoms with van der Waals surface area (Å²) in [6.45, 7) is 0. The summed E-state index contributed by atoms with van der Waals surface area (Å²) in [6, 6.07) is 1.95. The summed E-state index contributed by atoms with van der Waals surface area (Å²) < 4.78 is 5.89. The molecule has 0 bridgehead atoms. The van der Waals surface area contributed by atoms with Gasteiger partial charge in [-0.2, -0.15) is 0 Å². The van der Waals surface area contributed by atoms with E-state index in [0.717, 1.165) is 35.9 Å². The molecule has 2 rings (SSSR count). The quantitative estimate of drug-likeness (QED) is 0.813. The summed E-state index contributed by atoms with van der Waals surface area (Å²) in [5.41, 5.74) is 1.12. The molecule has 0 radical (unpaired) electrons. The van der Waals surface area contributed by atoms with Crippen molar-refractivity contribution >= 4 is 21.7 Å². The molecule has 0 amide bonds. The highest BCUT2D eigenvalue weighted by Crippen LogP contribution is 2.25. The van der Waals surface area contributed by atoms with Crippen LogP contribution in [-0.4, -0.2) is 5.78 Å². The maximum Gasteiger partial charge on any atom is 0.169 e. The third kappa shape index (κ3) is 2.27. The van der Waals surface area contributed by atoms with Gasteiger partial charge in [0.25, 0.3) is 0 Å². The van der Waals surface area contributed by atoms with Gasteiger partial charge in [0.15, 0.2) is 4.67 Å². The van der Waals surface area contributed by atoms with E-state index < -0.39 is 0 Å². The van der Waals surface area contributed by atoms with E-state index in [-0.39, 0.29) is 5.92 Å². The zero-order chi connectivity index (χ0) is 9.97. The van der Waals surface area contributed by atoms with Crippen LogP contribution < -0.4 is 0 Å². The molecule has 1 fully saturated rings. The normalized spacial score (nSPS) is 22.6. The smallest absolute Gasteiger partial charge is 0.169 e. The zero-order valence-electron chi connectivity index (χ0n) is 7.96. The summed E-state index contributed by atoms with van der Waals surface area (Å²) in [7, 11) is 0. The van der Waals surface area contributed by atoms with Crippen LogP contribution in [0.1, 0.15) is 31.2 Å². The molecule has 1 aliphatic carbocycles. The standard InChI is InChI=1S/C11H13BrO2/c12-11-6-8(7-14-11)5-9-3-1-2-4-10(9)13/h6-7,9H,1-5H2. The van der Waals surface area contributed by atoms with Crippen LogP contribution in [0.15, 0.2) is 21.4 Å². The molecule has 0 aromatic carbocycles. The first-order chi connectivity index (χ1) is 6.75. The largest absolute Gasteiger partial charge is 0.457 e. The van der Waals surface area contributed by atoms with Crippen LogP contribution in [0.5, 0.6) is 0 Å². The molecule has 1 atom stereocenters. The van der Waals surface area contributed by atoms with Gasteiger partial charge in [-0.15, -0.1) is 0 Å². The van der Waals surface area contributed by atoms with Crippen molar-refractivity contribution in [1.82, 2.24) is 0 Å². The van der Waals surface area contributed by atoms with Gasteiger partial charge in [-0.1, -0.05) is 6.42 Å². The van der Waals surface area contributed by atoms with Gasteiger partial charge in [0.1, 0.15) is 5.78 Å². The van der Waals surface area contributed by atoms with Gasteiger partial charge in [-0.05, 0) is 46.8 Å². The van der Waals surface area contributed by atoms with E-state index in [2.05, 4.69) is 15.9 Å². The lowest BCUT2D eigenvalue weighted by molar-refractivity contribution is -0.124. The Bertz CT molecular complexity index is 330. The van der Waals surface area contributed by atoms with E-state index in [0.29, 0.717) is 5.78 Å². The van der Waals surface area contributed by atoms with Gasteiger partial charge < -0.3 is 4.42 Å². The minimum absolute atomic E-state index is 0.230. The minimum atomic E-state index is 0.230. The number of hydrogen-bond acceptors (Lipinski definition) is 2. The molecule has 2 nitrogen and oxygen atoms in total. The highest BCUT2D eigenvalue weighted by atomic mass is 79.9. The number of halogens is 1. The molecule has 0 N–H and O–H groups in total. The Morgan fingerprint density at radius 2 is 2.36 bits per heavy atom. The van der Waals surface area contributed by atoms with Gasteiger partial charge in [0, 0.05) is 12.3 Å². The van der Waals surface area contributed by atoms with Crippen LogP contribution in [0.4, 0.5) is 0 Å². The number of furan rings is 1. The highest BCUT2D eigenvalue weighted by molar-refractivity contribution is 9.10. The molecular weight excluding hydrogens is 244 g/mol. The lowest BCUT2D eigenvalue weighted by Gasteiger charge is -2.19. The van der Waals surface area contributed by atoms with Crippen LogP contribution in [0, 0.1) is 5.92 Å². The highest BCUT2D eigenvalue weighted by Gasteiger charge is 2.22. The number of ketones is 1. The SMILES string of the molecule is O=C1CCCCC1Cc1coc(Br)c1. The van der Waals surface area contributed by atoms with Gasteiger partial charge in [0.2, 0.25) is 0 Å². The third-order valence-corrected chi connectivity index (χ3v) is 3.20. The van der Waals surface area contributed by atoms with E-state index in [1.807, 2.05) is 6.07 Å². The van der Waals surface area contributed by atoms with Crippen molar-refractivity contribution < 1.29 is 9.21 Å². The average molecular weight is 257 g/mol. The monoisotopic (exact) mass is 256 g/mol. The molecule has 0 aliphatic heterocycles. The summed E-state index contributed by atoms with van der Waals surface area (Å²) in [5.74, 6) is 0.654. The molecule has 1 saturated carbocycles. The first-order valence-electron chi connectivity index (χ1n) is 5.01. The second-order valence-electron chi connectivity index (χ2n) is 3.87. The molecule has 14 heavy (non-hydrogen) atoms.